The van der Waals surface area contributed by atoms with Crippen molar-refractivity contribution >= 4 is 22.6 Å². The number of rotatable bonds is 7. The molecule has 31 heavy (non-hydrogen) atoms. The predicted octanol–water partition coefficient (Wildman–Crippen LogP) is 3.97. The molecular weight excluding hydrogens is 390 g/mol. The van der Waals surface area contributed by atoms with Gasteiger partial charge in [-0.2, -0.15) is 0 Å². The number of amides is 1. The van der Waals surface area contributed by atoms with Crippen LogP contribution in [0.1, 0.15) is 12.0 Å². The maximum Gasteiger partial charge on any atom is 0.328 e. The Morgan fingerprint density at radius 2 is 1.55 bits per heavy atom. The Labute approximate surface area is 180 Å². The number of hydrogen-bond donors (Lipinski definition) is 0. The molecule has 0 unspecified atom stereocenters. The number of fused-ring (bicyclic) bond motifs is 1. The van der Waals surface area contributed by atoms with Gasteiger partial charge in [-0.15, -0.1) is 0 Å². The highest BCUT2D eigenvalue weighted by atomic mass is 16.5. The number of hydrogen-bond acceptors (Lipinski definition) is 3. The summed E-state index contributed by atoms with van der Waals surface area (Å²) < 4.78 is 8.53. The zero-order valence-corrected chi connectivity index (χ0v) is 17.7. The van der Waals surface area contributed by atoms with Gasteiger partial charge >= 0.3 is 5.69 Å². The van der Waals surface area contributed by atoms with Gasteiger partial charge in [-0.25, -0.2) is 4.79 Å². The zero-order valence-electron chi connectivity index (χ0n) is 17.7. The third-order valence-corrected chi connectivity index (χ3v) is 5.47. The smallest absolute Gasteiger partial charge is 0.328 e. The number of carbonyl (C=O) groups excluding carboxylic acids is 1. The number of para-hydroxylation sites is 2. The molecule has 4 aromatic rings. The third kappa shape index (κ3) is 4.23. The van der Waals surface area contributed by atoms with Gasteiger partial charge in [-0.05, 0) is 42.0 Å². The number of ether oxygens (including phenoxy) is 1. The molecule has 1 heterocycles. The first-order chi connectivity index (χ1) is 15.1. The summed E-state index contributed by atoms with van der Waals surface area (Å²) in [5.74, 6) is 0.687. The van der Waals surface area contributed by atoms with Crippen molar-refractivity contribution in [3.8, 4) is 5.75 Å². The van der Waals surface area contributed by atoms with Crippen LogP contribution in [0.25, 0.3) is 11.0 Å². The lowest BCUT2D eigenvalue weighted by atomic mass is 10.1. The van der Waals surface area contributed by atoms with Gasteiger partial charge in [0.25, 0.3) is 0 Å². The average Bonchev–Trinajstić information content (AvgIpc) is 3.06. The monoisotopic (exact) mass is 415 g/mol. The van der Waals surface area contributed by atoms with Crippen LogP contribution in [0.15, 0.2) is 83.7 Å². The second-order valence-electron chi connectivity index (χ2n) is 7.40. The van der Waals surface area contributed by atoms with Crippen molar-refractivity contribution in [2.24, 2.45) is 7.05 Å². The fourth-order valence-electron chi connectivity index (χ4n) is 3.77. The van der Waals surface area contributed by atoms with Crippen molar-refractivity contribution in [2.75, 3.05) is 12.0 Å². The number of carbonyl (C=O) groups is 1. The van der Waals surface area contributed by atoms with Crippen LogP contribution in [0.3, 0.4) is 0 Å². The van der Waals surface area contributed by atoms with Crippen LogP contribution in [0, 0.1) is 0 Å². The summed E-state index contributed by atoms with van der Waals surface area (Å²) in [6.07, 6.45) is 0.215. The molecule has 1 amide bonds. The molecule has 158 valence electrons. The molecule has 0 saturated heterocycles. The Bertz CT molecular complexity index is 1240. The fraction of sp³-hybridized carbons (Fsp3) is 0.200. The lowest BCUT2D eigenvalue weighted by Gasteiger charge is -2.23. The van der Waals surface area contributed by atoms with Crippen LogP contribution in [0.4, 0.5) is 5.69 Å². The molecule has 0 atom stereocenters. The lowest BCUT2D eigenvalue weighted by molar-refractivity contribution is -0.119. The van der Waals surface area contributed by atoms with Crippen molar-refractivity contribution in [1.82, 2.24) is 9.13 Å². The van der Waals surface area contributed by atoms with Crippen LogP contribution in [0.5, 0.6) is 5.75 Å². The number of aromatic nitrogens is 2. The van der Waals surface area contributed by atoms with Crippen LogP contribution >= 0.6 is 0 Å². The minimum atomic E-state index is -0.118. The molecule has 0 N–H and O–H groups in total. The van der Waals surface area contributed by atoms with Gasteiger partial charge in [0.15, 0.2) is 0 Å². The molecular formula is C25H25N3O3. The second-order valence-corrected chi connectivity index (χ2v) is 7.40. The van der Waals surface area contributed by atoms with E-state index in [4.69, 9.17) is 4.74 Å². The van der Waals surface area contributed by atoms with Crippen molar-refractivity contribution in [3.05, 3.63) is 94.9 Å². The molecule has 0 radical (unpaired) electrons. The summed E-state index contributed by atoms with van der Waals surface area (Å²) in [6.45, 7) is 0.775. The molecule has 0 aliphatic heterocycles. The SMILES string of the molecule is COc1ccc(N(Cc2ccccc2)C(=O)CCn2c(=O)n(C)c3ccccc32)cc1. The molecule has 0 saturated carbocycles. The van der Waals surface area contributed by atoms with Crippen molar-refractivity contribution in [1.29, 1.82) is 0 Å². The molecule has 6 heteroatoms. The van der Waals surface area contributed by atoms with E-state index in [-0.39, 0.29) is 18.0 Å². The normalized spacial score (nSPS) is 10.9. The number of methoxy groups -OCH3 is 1. The topological polar surface area (TPSA) is 56.5 Å². The maximum absolute atomic E-state index is 13.3. The van der Waals surface area contributed by atoms with E-state index in [0.717, 1.165) is 28.0 Å². The second kappa shape index (κ2) is 8.92. The zero-order chi connectivity index (χ0) is 21.8. The van der Waals surface area contributed by atoms with E-state index >= 15 is 0 Å². The quantitative estimate of drug-likeness (QED) is 0.459. The lowest BCUT2D eigenvalue weighted by Crippen LogP contribution is -2.32. The van der Waals surface area contributed by atoms with E-state index < -0.39 is 0 Å². The minimum absolute atomic E-state index is 0.0474. The highest BCUT2D eigenvalue weighted by molar-refractivity contribution is 5.93. The van der Waals surface area contributed by atoms with Crippen molar-refractivity contribution < 1.29 is 9.53 Å². The first-order valence-corrected chi connectivity index (χ1v) is 10.2. The fourth-order valence-corrected chi connectivity index (χ4v) is 3.77. The maximum atomic E-state index is 13.3. The highest BCUT2D eigenvalue weighted by Gasteiger charge is 2.18. The number of nitrogens with zero attached hydrogens (tertiary/aromatic N) is 3. The van der Waals surface area contributed by atoms with Gasteiger partial charge in [-0.3, -0.25) is 13.9 Å². The summed E-state index contributed by atoms with van der Waals surface area (Å²) in [7, 11) is 3.37. The number of aryl methyl sites for hydroxylation is 2. The van der Waals surface area contributed by atoms with Crippen LogP contribution in [-0.2, 0) is 24.9 Å². The van der Waals surface area contributed by atoms with Gasteiger partial charge < -0.3 is 9.64 Å². The molecule has 1 aromatic heterocycles. The van der Waals surface area contributed by atoms with E-state index in [9.17, 15) is 9.59 Å². The number of benzene rings is 3. The predicted molar refractivity (Wildman–Crippen MR) is 122 cm³/mol. The van der Waals surface area contributed by atoms with Crippen LogP contribution in [0.2, 0.25) is 0 Å². The summed E-state index contributed by atoms with van der Waals surface area (Å²) in [4.78, 5) is 27.7. The van der Waals surface area contributed by atoms with Gasteiger partial charge in [0.1, 0.15) is 5.75 Å². The van der Waals surface area contributed by atoms with Crippen molar-refractivity contribution in [2.45, 2.75) is 19.5 Å². The third-order valence-electron chi connectivity index (χ3n) is 5.47. The molecule has 0 aliphatic carbocycles. The van der Waals surface area contributed by atoms with E-state index in [0.29, 0.717) is 13.1 Å². The van der Waals surface area contributed by atoms with Crippen LogP contribution < -0.4 is 15.3 Å². The molecule has 0 fully saturated rings. The molecule has 4 rings (SSSR count). The molecule has 0 aliphatic rings. The van der Waals surface area contributed by atoms with E-state index in [1.54, 1.807) is 28.2 Å². The number of anilines is 1. The molecule has 0 spiro atoms. The largest absolute Gasteiger partial charge is 0.497 e. The summed E-state index contributed by atoms with van der Waals surface area (Å²) in [5, 5.41) is 0. The van der Waals surface area contributed by atoms with E-state index in [2.05, 4.69) is 0 Å². The standard InChI is InChI=1S/C25H25N3O3/c1-26-22-10-6-7-11-23(22)27(25(26)30)17-16-24(29)28(18-19-8-4-3-5-9-19)20-12-14-21(31-2)15-13-20/h3-15H,16-18H2,1-2H3. The summed E-state index contributed by atoms with van der Waals surface area (Å²) >= 11 is 0. The minimum Gasteiger partial charge on any atom is -0.497 e. The van der Waals surface area contributed by atoms with E-state index in [1.807, 2.05) is 78.9 Å². The Morgan fingerprint density at radius 1 is 0.903 bits per heavy atom. The molecule has 0 bridgehead atoms. The Balaban J connectivity index is 1.60. The van der Waals surface area contributed by atoms with Gasteiger partial charge in [0, 0.05) is 25.7 Å². The Morgan fingerprint density at radius 3 is 2.23 bits per heavy atom. The van der Waals surface area contributed by atoms with Crippen molar-refractivity contribution in [3.63, 3.8) is 0 Å². The Kier molecular flexibility index (Phi) is 5.89. The van der Waals surface area contributed by atoms with Gasteiger partial charge in [0.05, 0.1) is 24.7 Å². The van der Waals surface area contributed by atoms with Gasteiger partial charge in [-0.1, -0.05) is 42.5 Å². The number of imidazole rings is 1. The molecule has 6 nitrogen and oxygen atoms in total. The summed E-state index contributed by atoms with van der Waals surface area (Å²) in [5.41, 5.74) is 3.40. The highest BCUT2D eigenvalue weighted by Crippen LogP contribution is 2.22. The first-order valence-electron chi connectivity index (χ1n) is 10.2. The summed E-state index contributed by atoms with van der Waals surface area (Å²) in [6, 6.07) is 24.9. The van der Waals surface area contributed by atoms with Gasteiger partial charge in [0.2, 0.25) is 5.91 Å². The first kappa shape index (κ1) is 20.5. The Hall–Kier alpha value is -3.80. The van der Waals surface area contributed by atoms with Crippen LogP contribution in [-0.4, -0.2) is 22.2 Å². The van der Waals surface area contributed by atoms with E-state index in [1.165, 1.54) is 0 Å². The average molecular weight is 415 g/mol. The molecule has 3 aromatic carbocycles.